The fourth-order valence-corrected chi connectivity index (χ4v) is 5.60. The van der Waals surface area contributed by atoms with E-state index in [0.29, 0.717) is 23.8 Å². The van der Waals surface area contributed by atoms with Crippen molar-refractivity contribution in [2.45, 2.75) is 36.1 Å². The molecular formula is C19H22BrN3O3S2. The normalized spacial score (nSPS) is 15.4. The highest BCUT2D eigenvalue weighted by molar-refractivity contribution is 9.10. The third-order valence-corrected chi connectivity index (χ3v) is 7.89. The van der Waals surface area contributed by atoms with Crippen LogP contribution in [0.15, 0.2) is 50.9 Å². The SMILES string of the molecule is Cc1ccc(NC(=O)CSc2ccc(S(=O)(=O)N3CCCCC3)cn2)c(Br)c1. The minimum atomic E-state index is -3.48. The van der Waals surface area contributed by atoms with Crippen LogP contribution in [0.2, 0.25) is 0 Å². The Hall–Kier alpha value is -1.42. The second-order valence-electron chi connectivity index (χ2n) is 6.62. The van der Waals surface area contributed by atoms with E-state index in [9.17, 15) is 13.2 Å². The molecule has 0 saturated carbocycles. The van der Waals surface area contributed by atoms with Crippen molar-refractivity contribution >= 4 is 49.3 Å². The van der Waals surface area contributed by atoms with Crippen molar-refractivity contribution in [3.63, 3.8) is 0 Å². The van der Waals surface area contributed by atoms with E-state index in [2.05, 4.69) is 26.2 Å². The summed E-state index contributed by atoms with van der Waals surface area (Å²) in [7, 11) is -3.48. The minimum Gasteiger partial charge on any atom is -0.324 e. The molecule has 0 aliphatic carbocycles. The maximum atomic E-state index is 12.6. The van der Waals surface area contributed by atoms with Gasteiger partial charge in [-0.2, -0.15) is 4.31 Å². The Morgan fingerprint density at radius 2 is 1.96 bits per heavy atom. The molecule has 6 nitrogen and oxygen atoms in total. The largest absolute Gasteiger partial charge is 0.324 e. The Morgan fingerprint density at radius 3 is 2.61 bits per heavy atom. The summed E-state index contributed by atoms with van der Waals surface area (Å²) in [5, 5.41) is 3.46. The van der Waals surface area contributed by atoms with Gasteiger partial charge in [0.2, 0.25) is 15.9 Å². The third kappa shape index (κ3) is 5.34. The van der Waals surface area contributed by atoms with Crippen LogP contribution in [0.25, 0.3) is 0 Å². The van der Waals surface area contributed by atoms with Crippen LogP contribution in [0.4, 0.5) is 5.69 Å². The van der Waals surface area contributed by atoms with Crippen LogP contribution in [0, 0.1) is 6.92 Å². The van der Waals surface area contributed by atoms with Crippen molar-refractivity contribution in [1.82, 2.24) is 9.29 Å². The minimum absolute atomic E-state index is 0.152. The third-order valence-electron chi connectivity index (χ3n) is 4.41. The molecule has 28 heavy (non-hydrogen) atoms. The van der Waals surface area contributed by atoms with Gasteiger partial charge in [0.25, 0.3) is 0 Å². The maximum absolute atomic E-state index is 12.6. The van der Waals surface area contributed by atoms with Crippen LogP contribution in [0.1, 0.15) is 24.8 Å². The summed E-state index contributed by atoms with van der Waals surface area (Å²) in [6.07, 6.45) is 4.24. The number of aromatic nitrogens is 1. The summed E-state index contributed by atoms with van der Waals surface area (Å²) >= 11 is 4.70. The van der Waals surface area contributed by atoms with Crippen molar-refractivity contribution < 1.29 is 13.2 Å². The summed E-state index contributed by atoms with van der Waals surface area (Å²) < 4.78 is 27.6. The molecule has 3 rings (SSSR count). The van der Waals surface area contributed by atoms with Gasteiger partial charge in [0.05, 0.1) is 16.5 Å². The molecule has 1 aliphatic heterocycles. The van der Waals surface area contributed by atoms with Gasteiger partial charge in [0.15, 0.2) is 0 Å². The second-order valence-corrected chi connectivity index (χ2v) is 10.4. The van der Waals surface area contributed by atoms with Crippen molar-refractivity contribution in [2.75, 3.05) is 24.2 Å². The molecule has 1 aliphatic rings. The summed E-state index contributed by atoms with van der Waals surface area (Å²) in [6.45, 7) is 3.11. The number of aryl methyl sites for hydroxylation is 1. The number of anilines is 1. The van der Waals surface area contributed by atoms with E-state index in [4.69, 9.17) is 0 Å². The standard InChI is InChI=1S/C19H22BrN3O3S2/c1-14-5-7-17(16(20)11-14)22-18(24)13-27-19-8-6-15(12-21-19)28(25,26)23-9-3-2-4-10-23/h5-8,11-12H,2-4,9-10,13H2,1H3,(H,22,24). The van der Waals surface area contributed by atoms with Gasteiger partial charge in [-0.05, 0) is 65.5 Å². The van der Waals surface area contributed by atoms with Crippen molar-refractivity contribution in [3.8, 4) is 0 Å². The molecule has 0 bridgehead atoms. The number of rotatable bonds is 6. The first kappa shape index (κ1) is 21.3. The molecule has 1 fully saturated rings. The van der Waals surface area contributed by atoms with Crippen LogP contribution >= 0.6 is 27.7 Å². The summed E-state index contributed by atoms with van der Waals surface area (Å²) in [4.78, 5) is 16.6. The number of nitrogens with zero attached hydrogens (tertiary/aromatic N) is 2. The lowest BCUT2D eigenvalue weighted by Gasteiger charge is -2.25. The van der Waals surface area contributed by atoms with Crippen LogP contribution in [0.5, 0.6) is 0 Å². The number of amides is 1. The number of benzene rings is 1. The van der Waals surface area contributed by atoms with E-state index < -0.39 is 10.0 Å². The number of pyridine rings is 1. The first-order valence-corrected chi connectivity index (χ1v) is 12.2. The molecule has 0 spiro atoms. The van der Waals surface area contributed by atoms with Gasteiger partial charge in [-0.25, -0.2) is 13.4 Å². The molecule has 150 valence electrons. The molecule has 9 heteroatoms. The van der Waals surface area contributed by atoms with E-state index >= 15 is 0 Å². The van der Waals surface area contributed by atoms with Gasteiger partial charge in [-0.3, -0.25) is 4.79 Å². The fourth-order valence-electron chi connectivity index (χ4n) is 2.91. The van der Waals surface area contributed by atoms with Crippen molar-refractivity contribution in [2.24, 2.45) is 0 Å². The molecule has 2 aromatic rings. The highest BCUT2D eigenvalue weighted by Crippen LogP contribution is 2.25. The summed E-state index contributed by atoms with van der Waals surface area (Å²) in [6, 6.07) is 8.92. The number of halogens is 1. The quantitative estimate of drug-likeness (QED) is 0.626. The number of hydrogen-bond acceptors (Lipinski definition) is 5. The van der Waals surface area contributed by atoms with E-state index in [1.54, 1.807) is 12.1 Å². The number of hydrogen-bond donors (Lipinski definition) is 1. The lowest BCUT2D eigenvalue weighted by atomic mass is 10.2. The Bertz CT molecular complexity index is 943. The van der Waals surface area contributed by atoms with Crippen molar-refractivity contribution in [1.29, 1.82) is 0 Å². The molecule has 0 unspecified atom stereocenters. The van der Waals surface area contributed by atoms with E-state index in [1.165, 1.54) is 22.3 Å². The number of carbonyl (C=O) groups is 1. The molecule has 0 atom stereocenters. The van der Waals surface area contributed by atoms with E-state index in [-0.39, 0.29) is 16.6 Å². The number of carbonyl (C=O) groups excluding carboxylic acids is 1. The molecule has 0 radical (unpaired) electrons. The predicted molar refractivity (Wildman–Crippen MR) is 115 cm³/mol. The van der Waals surface area contributed by atoms with Crippen molar-refractivity contribution in [3.05, 3.63) is 46.6 Å². The van der Waals surface area contributed by atoms with Gasteiger partial charge in [-0.15, -0.1) is 0 Å². The second kappa shape index (κ2) is 9.39. The lowest BCUT2D eigenvalue weighted by molar-refractivity contribution is -0.113. The fraction of sp³-hybridized carbons (Fsp3) is 0.368. The van der Waals surface area contributed by atoms with Crippen LogP contribution in [0.3, 0.4) is 0 Å². The molecule has 1 saturated heterocycles. The number of piperidine rings is 1. The zero-order chi connectivity index (χ0) is 20.1. The smallest absolute Gasteiger partial charge is 0.244 e. The average molecular weight is 484 g/mol. The number of sulfonamides is 1. The molecule has 1 amide bonds. The molecule has 1 aromatic carbocycles. The van der Waals surface area contributed by atoms with Crippen LogP contribution in [-0.4, -0.2) is 42.5 Å². The average Bonchev–Trinajstić information content (AvgIpc) is 2.69. The summed E-state index contributed by atoms with van der Waals surface area (Å²) in [5.74, 6) is 0.0345. The molecule has 1 N–H and O–H groups in total. The Labute approximate surface area is 178 Å². The van der Waals surface area contributed by atoms with E-state index in [0.717, 1.165) is 29.3 Å². The van der Waals surface area contributed by atoms with Gasteiger partial charge in [0, 0.05) is 23.8 Å². The van der Waals surface area contributed by atoms with E-state index in [1.807, 2.05) is 25.1 Å². The monoisotopic (exact) mass is 483 g/mol. The number of thioether (sulfide) groups is 1. The zero-order valence-corrected chi connectivity index (χ0v) is 18.7. The Balaban J connectivity index is 1.57. The Kier molecular flexibility index (Phi) is 7.14. The first-order chi connectivity index (χ1) is 13.4. The lowest BCUT2D eigenvalue weighted by Crippen LogP contribution is -2.35. The van der Waals surface area contributed by atoms with Gasteiger partial charge >= 0.3 is 0 Å². The van der Waals surface area contributed by atoms with Gasteiger partial charge < -0.3 is 5.32 Å². The molecular weight excluding hydrogens is 462 g/mol. The first-order valence-electron chi connectivity index (χ1n) is 9.01. The topological polar surface area (TPSA) is 79.4 Å². The Morgan fingerprint density at radius 1 is 1.21 bits per heavy atom. The van der Waals surface area contributed by atoms with Crippen LogP contribution in [-0.2, 0) is 14.8 Å². The van der Waals surface area contributed by atoms with Gasteiger partial charge in [0.1, 0.15) is 4.90 Å². The molecule has 2 heterocycles. The maximum Gasteiger partial charge on any atom is 0.244 e. The van der Waals surface area contributed by atoms with Gasteiger partial charge in [-0.1, -0.05) is 24.2 Å². The highest BCUT2D eigenvalue weighted by atomic mass is 79.9. The number of nitrogens with one attached hydrogen (secondary N) is 1. The zero-order valence-electron chi connectivity index (χ0n) is 15.5. The molecule has 1 aromatic heterocycles. The van der Waals surface area contributed by atoms with Crippen LogP contribution < -0.4 is 5.32 Å². The predicted octanol–water partition coefficient (Wildman–Crippen LogP) is 4.06. The highest BCUT2D eigenvalue weighted by Gasteiger charge is 2.26. The summed E-state index contributed by atoms with van der Waals surface area (Å²) in [5.41, 5.74) is 1.81.